The number of aryl methyl sites for hydroxylation is 3. The van der Waals surface area contributed by atoms with Crippen molar-refractivity contribution in [2.75, 3.05) is 0 Å². The molecule has 2 aromatic rings. The Morgan fingerprint density at radius 3 is 2.26 bits per heavy atom. The molecule has 0 atom stereocenters. The fourth-order valence-corrected chi connectivity index (χ4v) is 3.16. The summed E-state index contributed by atoms with van der Waals surface area (Å²) in [5, 5.41) is 9.52. The average molecular weight is 389 g/mol. The van der Waals surface area contributed by atoms with Crippen molar-refractivity contribution in [1.82, 2.24) is 0 Å². The molecule has 5 heteroatoms. The van der Waals surface area contributed by atoms with E-state index in [1.807, 2.05) is 33.8 Å². The van der Waals surface area contributed by atoms with Gasteiger partial charge < -0.3 is 9.84 Å². The number of carbonyl (C=O) groups is 2. The van der Waals surface area contributed by atoms with Gasteiger partial charge in [0, 0.05) is 12.0 Å². The molecule has 0 aromatic heterocycles. The van der Waals surface area contributed by atoms with Crippen molar-refractivity contribution in [3.05, 3.63) is 63.2 Å². The van der Waals surface area contributed by atoms with Crippen LogP contribution in [0.3, 0.4) is 0 Å². The quantitative estimate of drug-likeness (QED) is 0.649. The van der Waals surface area contributed by atoms with Gasteiger partial charge in [-0.15, -0.1) is 0 Å². The summed E-state index contributed by atoms with van der Waals surface area (Å²) in [6.07, 6.45) is 0.859. The second-order valence-electron chi connectivity index (χ2n) is 7.70. The van der Waals surface area contributed by atoms with Crippen molar-refractivity contribution >= 4 is 23.4 Å². The number of hydrogen-bond acceptors (Lipinski definition) is 3. The van der Waals surface area contributed by atoms with Crippen LogP contribution in [0.5, 0.6) is 5.75 Å². The van der Waals surface area contributed by atoms with Gasteiger partial charge in [0.1, 0.15) is 11.4 Å². The highest BCUT2D eigenvalue weighted by Gasteiger charge is 2.18. The molecule has 0 unspecified atom stereocenters. The van der Waals surface area contributed by atoms with Gasteiger partial charge in [-0.1, -0.05) is 23.7 Å². The first kappa shape index (κ1) is 21.0. The van der Waals surface area contributed by atoms with Crippen molar-refractivity contribution in [3.63, 3.8) is 0 Å². The van der Waals surface area contributed by atoms with E-state index in [0.717, 1.165) is 11.1 Å². The number of benzene rings is 2. The van der Waals surface area contributed by atoms with Crippen molar-refractivity contribution in [1.29, 1.82) is 0 Å². The Morgan fingerprint density at radius 2 is 1.74 bits per heavy atom. The van der Waals surface area contributed by atoms with Gasteiger partial charge in [0.05, 0.1) is 10.6 Å². The number of aromatic carboxylic acids is 1. The first-order valence-corrected chi connectivity index (χ1v) is 9.21. The van der Waals surface area contributed by atoms with E-state index < -0.39 is 5.97 Å². The standard InChI is InChI=1S/C22H25ClO4/c1-13-10-15(6-8-17(13)21(25)26)7-9-19(24)16-11-14(2)20(18(23)12-16)27-22(3,4)5/h6,8,10-12H,7,9H2,1-5H3,(H,25,26). The van der Waals surface area contributed by atoms with Crippen LogP contribution in [0.2, 0.25) is 5.02 Å². The number of carboxylic acids is 1. The molecule has 0 saturated heterocycles. The highest BCUT2D eigenvalue weighted by molar-refractivity contribution is 6.32. The molecule has 144 valence electrons. The molecule has 27 heavy (non-hydrogen) atoms. The fraction of sp³-hybridized carbons (Fsp3) is 0.364. The van der Waals surface area contributed by atoms with Gasteiger partial charge in [0.2, 0.25) is 0 Å². The first-order chi connectivity index (χ1) is 12.5. The van der Waals surface area contributed by atoms with Crippen LogP contribution in [-0.4, -0.2) is 22.5 Å². The Balaban J connectivity index is 2.12. The Morgan fingerprint density at radius 1 is 1.07 bits per heavy atom. The summed E-state index contributed by atoms with van der Waals surface area (Å²) in [6, 6.07) is 8.60. The summed E-state index contributed by atoms with van der Waals surface area (Å²) in [4.78, 5) is 23.7. The van der Waals surface area contributed by atoms with Crippen LogP contribution < -0.4 is 4.74 Å². The number of rotatable bonds is 6. The highest BCUT2D eigenvalue weighted by atomic mass is 35.5. The third-order valence-corrected chi connectivity index (χ3v) is 4.40. The van der Waals surface area contributed by atoms with E-state index in [2.05, 4.69) is 0 Å². The topological polar surface area (TPSA) is 63.6 Å². The van der Waals surface area contributed by atoms with Crippen LogP contribution in [0, 0.1) is 13.8 Å². The van der Waals surface area contributed by atoms with Crippen LogP contribution in [0.1, 0.15) is 64.6 Å². The van der Waals surface area contributed by atoms with E-state index in [9.17, 15) is 9.59 Å². The van der Waals surface area contributed by atoms with Gasteiger partial charge in [-0.25, -0.2) is 4.79 Å². The van der Waals surface area contributed by atoms with Crippen LogP contribution >= 0.6 is 11.6 Å². The maximum atomic E-state index is 12.6. The molecule has 0 heterocycles. The van der Waals surface area contributed by atoms with E-state index in [-0.39, 0.29) is 16.9 Å². The minimum absolute atomic E-state index is 0.0118. The van der Waals surface area contributed by atoms with Crippen molar-refractivity contribution < 1.29 is 19.4 Å². The normalized spacial score (nSPS) is 11.3. The van der Waals surface area contributed by atoms with E-state index in [1.165, 1.54) is 0 Å². The third-order valence-electron chi connectivity index (χ3n) is 4.12. The molecule has 0 fully saturated rings. The minimum atomic E-state index is -0.946. The molecule has 4 nitrogen and oxygen atoms in total. The highest BCUT2D eigenvalue weighted by Crippen LogP contribution is 2.33. The van der Waals surface area contributed by atoms with E-state index in [4.69, 9.17) is 21.4 Å². The van der Waals surface area contributed by atoms with Crippen LogP contribution in [-0.2, 0) is 6.42 Å². The lowest BCUT2D eigenvalue weighted by Gasteiger charge is -2.23. The van der Waals surface area contributed by atoms with E-state index in [1.54, 1.807) is 31.2 Å². The van der Waals surface area contributed by atoms with Gasteiger partial charge in [-0.3, -0.25) is 4.79 Å². The van der Waals surface area contributed by atoms with Gasteiger partial charge >= 0.3 is 5.97 Å². The molecular weight excluding hydrogens is 364 g/mol. The molecule has 0 amide bonds. The lowest BCUT2D eigenvalue weighted by molar-refractivity contribution is 0.0695. The van der Waals surface area contributed by atoms with Crippen molar-refractivity contribution in [2.45, 2.75) is 53.1 Å². The molecule has 0 aliphatic rings. The number of halogens is 1. The Kier molecular flexibility index (Phi) is 6.32. The second-order valence-corrected chi connectivity index (χ2v) is 8.10. The van der Waals surface area contributed by atoms with Gasteiger partial charge in [0.25, 0.3) is 0 Å². The molecule has 0 aliphatic carbocycles. The number of Topliss-reactive ketones (excluding diaryl/α,β-unsaturated/α-hetero) is 1. The number of ketones is 1. The van der Waals surface area contributed by atoms with Crippen LogP contribution in [0.25, 0.3) is 0 Å². The number of carboxylic acid groups (broad SMARTS) is 1. The third kappa shape index (κ3) is 5.57. The zero-order chi connectivity index (χ0) is 20.4. The van der Waals surface area contributed by atoms with Crippen LogP contribution in [0.4, 0.5) is 0 Å². The first-order valence-electron chi connectivity index (χ1n) is 8.83. The number of hydrogen-bond donors (Lipinski definition) is 1. The second kappa shape index (κ2) is 8.13. The predicted octanol–water partition coefficient (Wildman–Crippen LogP) is 5.65. The number of carbonyl (C=O) groups excluding carboxylic acids is 1. The fourth-order valence-electron chi connectivity index (χ4n) is 2.85. The van der Waals surface area contributed by atoms with Crippen molar-refractivity contribution in [2.24, 2.45) is 0 Å². The lowest BCUT2D eigenvalue weighted by atomic mass is 9.98. The van der Waals surface area contributed by atoms with Crippen molar-refractivity contribution in [3.8, 4) is 5.75 Å². The molecule has 0 aliphatic heterocycles. The molecule has 0 radical (unpaired) electrons. The zero-order valence-corrected chi connectivity index (χ0v) is 17.1. The van der Waals surface area contributed by atoms with Crippen LogP contribution in [0.15, 0.2) is 30.3 Å². The number of ether oxygens (including phenoxy) is 1. The lowest BCUT2D eigenvalue weighted by Crippen LogP contribution is -2.23. The largest absolute Gasteiger partial charge is 0.486 e. The van der Waals surface area contributed by atoms with E-state index in [0.29, 0.717) is 34.7 Å². The molecule has 0 saturated carbocycles. The molecule has 2 aromatic carbocycles. The Hall–Kier alpha value is -2.33. The minimum Gasteiger partial charge on any atom is -0.486 e. The summed E-state index contributed by atoms with van der Waals surface area (Å²) < 4.78 is 5.88. The SMILES string of the molecule is Cc1cc(CCC(=O)c2cc(C)c(OC(C)(C)C)c(Cl)c2)ccc1C(=O)O. The molecule has 2 rings (SSSR count). The summed E-state index contributed by atoms with van der Waals surface area (Å²) in [6.45, 7) is 9.46. The zero-order valence-electron chi connectivity index (χ0n) is 16.4. The Labute approximate surface area is 165 Å². The monoisotopic (exact) mass is 388 g/mol. The van der Waals surface area contributed by atoms with Gasteiger partial charge in [-0.05, 0) is 75.9 Å². The summed E-state index contributed by atoms with van der Waals surface area (Å²) in [5.41, 5.74) is 2.90. The molecule has 0 bridgehead atoms. The van der Waals surface area contributed by atoms with Gasteiger partial charge in [-0.2, -0.15) is 0 Å². The molecule has 0 spiro atoms. The smallest absolute Gasteiger partial charge is 0.335 e. The molecular formula is C22H25ClO4. The maximum Gasteiger partial charge on any atom is 0.335 e. The molecule has 1 N–H and O–H groups in total. The summed E-state index contributed by atoms with van der Waals surface area (Å²) >= 11 is 6.34. The predicted molar refractivity (Wildman–Crippen MR) is 107 cm³/mol. The van der Waals surface area contributed by atoms with E-state index >= 15 is 0 Å². The maximum absolute atomic E-state index is 12.6. The Bertz CT molecular complexity index is 855. The summed E-state index contributed by atoms with van der Waals surface area (Å²) in [5.74, 6) is -0.360. The summed E-state index contributed by atoms with van der Waals surface area (Å²) in [7, 11) is 0. The van der Waals surface area contributed by atoms with Gasteiger partial charge in [0.15, 0.2) is 5.78 Å². The average Bonchev–Trinajstić information content (AvgIpc) is 2.54.